The van der Waals surface area contributed by atoms with Gasteiger partial charge in [-0.05, 0) is 53.3 Å². The van der Waals surface area contributed by atoms with E-state index in [-0.39, 0.29) is 5.54 Å². The van der Waals surface area contributed by atoms with Gasteiger partial charge in [0.05, 0.1) is 19.2 Å². The van der Waals surface area contributed by atoms with E-state index < -0.39 is 0 Å². The van der Waals surface area contributed by atoms with E-state index in [4.69, 9.17) is 9.15 Å². The van der Waals surface area contributed by atoms with Crippen LogP contribution in [0.5, 0.6) is 0 Å². The first-order valence-corrected chi connectivity index (χ1v) is 7.49. The van der Waals surface area contributed by atoms with Gasteiger partial charge in [-0.25, -0.2) is 0 Å². The van der Waals surface area contributed by atoms with Crippen molar-refractivity contribution in [2.75, 3.05) is 13.7 Å². The van der Waals surface area contributed by atoms with Gasteiger partial charge in [0.2, 0.25) is 0 Å². The van der Waals surface area contributed by atoms with Crippen LogP contribution in [-0.2, 0) is 17.8 Å². The van der Waals surface area contributed by atoms with E-state index >= 15 is 0 Å². The van der Waals surface area contributed by atoms with Crippen molar-refractivity contribution >= 4 is 0 Å². The van der Waals surface area contributed by atoms with Gasteiger partial charge >= 0.3 is 0 Å². The molecule has 0 aliphatic carbocycles. The number of hydrogen-bond acceptors (Lipinski definition) is 4. The van der Waals surface area contributed by atoms with Crippen molar-refractivity contribution in [3.63, 3.8) is 0 Å². The molecule has 1 saturated heterocycles. The SMILES string of the molecule is CC1OCCC1N(C)Cc1ccc(CNC(C)(C)C)o1. The number of hydrogen-bond donors (Lipinski definition) is 1. The molecule has 0 aromatic carbocycles. The van der Waals surface area contributed by atoms with E-state index in [9.17, 15) is 0 Å². The number of ether oxygens (including phenoxy) is 1. The van der Waals surface area contributed by atoms with Crippen molar-refractivity contribution in [2.45, 2.75) is 64.9 Å². The summed E-state index contributed by atoms with van der Waals surface area (Å²) >= 11 is 0. The monoisotopic (exact) mass is 280 g/mol. The summed E-state index contributed by atoms with van der Waals surface area (Å²) in [6.07, 6.45) is 1.42. The highest BCUT2D eigenvalue weighted by Gasteiger charge is 2.28. The molecule has 1 N–H and O–H groups in total. The van der Waals surface area contributed by atoms with Gasteiger partial charge in [-0.3, -0.25) is 4.90 Å². The van der Waals surface area contributed by atoms with Crippen molar-refractivity contribution < 1.29 is 9.15 Å². The molecule has 1 aromatic heterocycles. The van der Waals surface area contributed by atoms with Crippen molar-refractivity contribution in [3.8, 4) is 0 Å². The lowest BCUT2D eigenvalue weighted by atomic mass is 10.1. The Balaban J connectivity index is 1.86. The first-order chi connectivity index (χ1) is 9.35. The van der Waals surface area contributed by atoms with Crippen molar-refractivity contribution in [1.82, 2.24) is 10.2 Å². The van der Waals surface area contributed by atoms with E-state index in [0.717, 1.165) is 37.6 Å². The molecule has 2 rings (SSSR count). The molecule has 1 aliphatic rings. The standard InChI is InChI=1S/C16H28N2O2/c1-12-15(8-9-19-12)18(5)11-14-7-6-13(20-14)10-17-16(2,3)4/h6-7,12,15,17H,8-11H2,1-5H3. The number of likely N-dealkylation sites (N-methyl/N-ethyl adjacent to an activating group) is 1. The smallest absolute Gasteiger partial charge is 0.118 e. The Kier molecular flexibility index (Phi) is 4.89. The normalized spacial score (nSPS) is 23.7. The molecule has 4 nitrogen and oxygen atoms in total. The van der Waals surface area contributed by atoms with Gasteiger partial charge in [0.1, 0.15) is 11.5 Å². The Morgan fingerprint density at radius 3 is 2.60 bits per heavy atom. The lowest BCUT2D eigenvalue weighted by Gasteiger charge is -2.25. The molecule has 0 saturated carbocycles. The zero-order valence-corrected chi connectivity index (χ0v) is 13.4. The van der Waals surface area contributed by atoms with Gasteiger partial charge in [-0.2, -0.15) is 0 Å². The minimum Gasteiger partial charge on any atom is -0.463 e. The van der Waals surface area contributed by atoms with Crippen LogP contribution in [0.25, 0.3) is 0 Å². The van der Waals surface area contributed by atoms with Gasteiger partial charge in [0, 0.05) is 18.2 Å². The predicted molar refractivity (Wildman–Crippen MR) is 80.6 cm³/mol. The van der Waals surface area contributed by atoms with Gasteiger partial charge in [-0.1, -0.05) is 0 Å². The molecule has 2 unspecified atom stereocenters. The molecule has 0 radical (unpaired) electrons. The van der Waals surface area contributed by atoms with Gasteiger partial charge < -0.3 is 14.5 Å². The molecule has 2 heterocycles. The number of nitrogens with one attached hydrogen (secondary N) is 1. The third-order valence-electron chi connectivity index (χ3n) is 3.82. The summed E-state index contributed by atoms with van der Waals surface area (Å²) < 4.78 is 11.5. The van der Waals surface area contributed by atoms with Gasteiger partial charge in [0.25, 0.3) is 0 Å². The van der Waals surface area contributed by atoms with Crippen LogP contribution in [-0.4, -0.2) is 36.2 Å². The average molecular weight is 280 g/mol. The summed E-state index contributed by atoms with van der Waals surface area (Å²) in [4.78, 5) is 2.33. The average Bonchev–Trinajstić information content (AvgIpc) is 2.94. The molecule has 114 valence electrons. The first kappa shape index (κ1) is 15.5. The van der Waals surface area contributed by atoms with Crippen LogP contribution >= 0.6 is 0 Å². The predicted octanol–water partition coefficient (Wildman–Crippen LogP) is 2.78. The minimum absolute atomic E-state index is 0.111. The molecule has 2 atom stereocenters. The van der Waals surface area contributed by atoms with Crippen molar-refractivity contribution in [1.29, 1.82) is 0 Å². The molecular formula is C16H28N2O2. The Morgan fingerprint density at radius 1 is 1.30 bits per heavy atom. The maximum Gasteiger partial charge on any atom is 0.118 e. The fraction of sp³-hybridized carbons (Fsp3) is 0.750. The zero-order chi connectivity index (χ0) is 14.8. The molecule has 1 aromatic rings. The molecule has 20 heavy (non-hydrogen) atoms. The largest absolute Gasteiger partial charge is 0.463 e. The first-order valence-electron chi connectivity index (χ1n) is 7.49. The molecule has 1 aliphatic heterocycles. The minimum atomic E-state index is 0.111. The molecular weight excluding hydrogens is 252 g/mol. The quantitative estimate of drug-likeness (QED) is 0.900. The Labute approximate surface area is 122 Å². The number of furan rings is 1. The summed E-state index contributed by atoms with van der Waals surface area (Å²) in [7, 11) is 2.14. The highest BCUT2D eigenvalue weighted by Crippen LogP contribution is 2.20. The van der Waals surface area contributed by atoms with Gasteiger partial charge in [-0.15, -0.1) is 0 Å². The topological polar surface area (TPSA) is 37.6 Å². The van der Waals surface area contributed by atoms with E-state index in [1.165, 1.54) is 0 Å². The molecule has 0 bridgehead atoms. The van der Waals surface area contributed by atoms with Crippen molar-refractivity contribution in [2.24, 2.45) is 0 Å². The number of nitrogens with zero attached hydrogens (tertiary/aromatic N) is 1. The third kappa shape index (κ3) is 4.33. The number of rotatable bonds is 5. The molecule has 0 spiro atoms. The second-order valence-electron chi connectivity index (χ2n) is 6.82. The summed E-state index contributed by atoms with van der Waals surface area (Å²) in [5, 5.41) is 3.44. The second-order valence-corrected chi connectivity index (χ2v) is 6.82. The molecule has 1 fully saturated rings. The maximum absolute atomic E-state index is 5.90. The maximum atomic E-state index is 5.90. The van der Waals surface area contributed by atoms with Crippen molar-refractivity contribution in [3.05, 3.63) is 23.7 Å². The highest BCUT2D eigenvalue weighted by atomic mass is 16.5. The van der Waals surface area contributed by atoms with Crippen LogP contribution in [0.3, 0.4) is 0 Å². The fourth-order valence-corrected chi connectivity index (χ4v) is 2.62. The second kappa shape index (κ2) is 6.29. The van der Waals surface area contributed by atoms with Crippen LogP contribution in [0.1, 0.15) is 45.6 Å². The lowest BCUT2D eigenvalue weighted by Crippen LogP contribution is -2.36. The highest BCUT2D eigenvalue weighted by molar-refractivity contribution is 5.07. The summed E-state index contributed by atoms with van der Waals surface area (Å²) in [6, 6.07) is 4.64. The van der Waals surface area contributed by atoms with Crippen LogP contribution in [0.4, 0.5) is 0 Å². The van der Waals surface area contributed by atoms with Crippen LogP contribution in [0.2, 0.25) is 0 Å². The van der Waals surface area contributed by atoms with E-state index in [0.29, 0.717) is 12.1 Å². The summed E-state index contributed by atoms with van der Waals surface area (Å²) in [6.45, 7) is 11.1. The lowest BCUT2D eigenvalue weighted by molar-refractivity contribution is 0.0790. The molecule has 4 heteroatoms. The Bertz CT molecular complexity index is 422. The Hall–Kier alpha value is -0.840. The van der Waals surface area contributed by atoms with E-state index in [1.54, 1.807) is 0 Å². The van der Waals surface area contributed by atoms with Gasteiger partial charge in [0.15, 0.2) is 0 Å². The zero-order valence-electron chi connectivity index (χ0n) is 13.4. The van der Waals surface area contributed by atoms with Crippen LogP contribution < -0.4 is 5.32 Å². The van der Waals surface area contributed by atoms with E-state index in [2.05, 4.69) is 57.1 Å². The summed E-state index contributed by atoms with van der Waals surface area (Å²) in [5.74, 6) is 2.02. The fourth-order valence-electron chi connectivity index (χ4n) is 2.62. The summed E-state index contributed by atoms with van der Waals surface area (Å²) in [5.41, 5.74) is 0.111. The Morgan fingerprint density at radius 2 is 2.00 bits per heavy atom. The van der Waals surface area contributed by atoms with Crippen LogP contribution in [0.15, 0.2) is 16.5 Å². The molecule has 0 amide bonds. The van der Waals surface area contributed by atoms with E-state index in [1.807, 2.05) is 0 Å². The van der Waals surface area contributed by atoms with Crippen LogP contribution in [0, 0.1) is 0 Å². The third-order valence-corrected chi connectivity index (χ3v) is 3.82.